The second-order valence-electron chi connectivity index (χ2n) is 5.27. The zero-order chi connectivity index (χ0) is 13.8. The van der Waals surface area contributed by atoms with Gasteiger partial charge < -0.3 is 5.32 Å². The van der Waals surface area contributed by atoms with E-state index in [0.29, 0.717) is 6.04 Å². The van der Waals surface area contributed by atoms with Crippen molar-refractivity contribution >= 4 is 0 Å². The fourth-order valence-electron chi connectivity index (χ4n) is 2.30. The molecule has 2 heteroatoms. The fourth-order valence-corrected chi connectivity index (χ4v) is 2.30. The zero-order valence-corrected chi connectivity index (χ0v) is 12.2. The third-order valence-corrected chi connectivity index (χ3v) is 3.48. The van der Waals surface area contributed by atoms with Gasteiger partial charge >= 0.3 is 0 Å². The molecule has 1 atom stereocenters. The van der Waals surface area contributed by atoms with Gasteiger partial charge in [0.1, 0.15) is 0 Å². The maximum atomic E-state index is 4.32. The molecule has 0 radical (unpaired) electrons. The van der Waals surface area contributed by atoms with Crippen LogP contribution in [0.5, 0.6) is 0 Å². The summed E-state index contributed by atoms with van der Waals surface area (Å²) >= 11 is 0. The number of nitrogens with zero attached hydrogens (tertiary/aromatic N) is 1. The number of pyridine rings is 1. The summed E-state index contributed by atoms with van der Waals surface area (Å²) in [7, 11) is 0. The Hall–Kier alpha value is -1.67. The summed E-state index contributed by atoms with van der Waals surface area (Å²) in [6.07, 6.45) is 1.94. The smallest absolute Gasteiger partial charge is 0.0372 e. The number of benzene rings is 1. The molecule has 0 aliphatic heterocycles. The van der Waals surface area contributed by atoms with Crippen LogP contribution in [0.25, 0.3) is 0 Å². The first-order chi connectivity index (χ1) is 9.06. The van der Waals surface area contributed by atoms with Crippen molar-refractivity contribution in [3.8, 4) is 0 Å². The minimum Gasteiger partial charge on any atom is -0.306 e. The Morgan fingerprint density at radius 1 is 1.11 bits per heavy atom. The predicted molar refractivity (Wildman–Crippen MR) is 80.1 cm³/mol. The van der Waals surface area contributed by atoms with Crippen molar-refractivity contribution in [2.75, 3.05) is 0 Å². The van der Waals surface area contributed by atoms with Gasteiger partial charge in [-0.05, 0) is 50.5 Å². The second-order valence-corrected chi connectivity index (χ2v) is 5.27. The van der Waals surface area contributed by atoms with E-state index in [1.54, 1.807) is 0 Å². The van der Waals surface area contributed by atoms with Gasteiger partial charge in [0.2, 0.25) is 0 Å². The summed E-state index contributed by atoms with van der Waals surface area (Å²) < 4.78 is 0. The molecule has 0 bridgehead atoms. The van der Waals surface area contributed by atoms with Crippen LogP contribution in [0.15, 0.2) is 36.5 Å². The number of rotatable bonds is 4. The van der Waals surface area contributed by atoms with Crippen LogP contribution in [0.2, 0.25) is 0 Å². The van der Waals surface area contributed by atoms with Crippen molar-refractivity contribution in [1.29, 1.82) is 0 Å². The summed E-state index contributed by atoms with van der Waals surface area (Å²) in [5.41, 5.74) is 6.32. The largest absolute Gasteiger partial charge is 0.306 e. The van der Waals surface area contributed by atoms with Crippen LogP contribution in [-0.4, -0.2) is 4.98 Å². The van der Waals surface area contributed by atoms with Crippen molar-refractivity contribution in [1.82, 2.24) is 10.3 Å². The Bertz CT molecular complexity index is 544. The van der Waals surface area contributed by atoms with Crippen molar-refractivity contribution in [3.63, 3.8) is 0 Å². The van der Waals surface area contributed by atoms with Gasteiger partial charge in [0.05, 0.1) is 0 Å². The quantitative estimate of drug-likeness (QED) is 0.896. The van der Waals surface area contributed by atoms with Gasteiger partial charge in [0.15, 0.2) is 0 Å². The summed E-state index contributed by atoms with van der Waals surface area (Å²) in [5, 5.41) is 3.55. The monoisotopic (exact) mass is 254 g/mol. The van der Waals surface area contributed by atoms with E-state index in [-0.39, 0.29) is 0 Å². The topological polar surface area (TPSA) is 24.9 Å². The molecule has 19 heavy (non-hydrogen) atoms. The lowest BCUT2D eigenvalue weighted by Crippen LogP contribution is -2.19. The normalized spacial score (nSPS) is 12.4. The predicted octanol–water partition coefficient (Wildman–Crippen LogP) is 3.86. The number of aromatic nitrogens is 1. The molecule has 1 unspecified atom stereocenters. The van der Waals surface area contributed by atoms with Crippen molar-refractivity contribution in [2.24, 2.45) is 0 Å². The average molecular weight is 254 g/mol. The summed E-state index contributed by atoms with van der Waals surface area (Å²) in [6.45, 7) is 9.37. The third-order valence-electron chi connectivity index (χ3n) is 3.48. The van der Waals surface area contributed by atoms with Gasteiger partial charge in [-0.2, -0.15) is 0 Å². The van der Waals surface area contributed by atoms with Gasteiger partial charge in [0.25, 0.3) is 0 Å². The van der Waals surface area contributed by atoms with Crippen molar-refractivity contribution in [2.45, 2.75) is 40.3 Å². The molecule has 0 spiro atoms. The maximum absolute atomic E-state index is 4.32. The lowest BCUT2D eigenvalue weighted by atomic mass is 10.0. The highest BCUT2D eigenvalue weighted by Crippen LogP contribution is 2.18. The molecule has 2 aromatic rings. The van der Waals surface area contributed by atoms with Crippen molar-refractivity contribution in [3.05, 3.63) is 64.5 Å². The Morgan fingerprint density at radius 2 is 1.89 bits per heavy atom. The average Bonchev–Trinajstić information content (AvgIpc) is 2.37. The molecule has 2 rings (SSSR count). The van der Waals surface area contributed by atoms with Gasteiger partial charge in [-0.15, -0.1) is 0 Å². The molecule has 0 fully saturated rings. The molecule has 0 amide bonds. The van der Waals surface area contributed by atoms with E-state index in [9.17, 15) is 0 Å². The number of hydrogen-bond donors (Lipinski definition) is 1. The minimum absolute atomic E-state index is 0.349. The molecule has 1 aromatic heterocycles. The SMILES string of the molecule is Cc1ccc(C(C)NCc2ccc(C)nc2)c(C)c1. The van der Waals surface area contributed by atoms with E-state index in [1.165, 1.54) is 22.3 Å². The highest BCUT2D eigenvalue weighted by Gasteiger charge is 2.07. The Kier molecular flexibility index (Phi) is 4.33. The van der Waals surface area contributed by atoms with E-state index < -0.39 is 0 Å². The molecule has 1 heterocycles. The molecule has 100 valence electrons. The summed E-state index contributed by atoms with van der Waals surface area (Å²) in [6, 6.07) is 11.2. The molecule has 2 nitrogen and oxygen atoms in total. The Morgan fingerprint density at radius 3 is 2.53 bits per heavy atom. The lowest BCUT2D eigenvalue weighted by molar-refractivity contribution is 0.571. The zero-order valence-electron chi connectivity index (χ0n) is 12.2. The lowest BCUT2D eigenvalue weighted by Gasteiger charge is -2.17. The van der Waals surface area contributed by atoms with E-state index in [2.05, 4.69) is 61.4 Å². The Labute approximate surface area is 115 Å². The first kappa shape index (κ1) is 13.8. The molecular weight excluding hydrogens is 232 g/mol. The first-order valence-corrected chi connectivity index (χ1v) is 6.78. The molecule has 0 aliphatic carbocycles. The molecule has 0 aliphatic rings. The first-order valence-electron chi connectivity index (χ1n) is 6.78. The van der Waals surface area contributed by atoms with Crippen LogP contribution >= 0.6 is 0 Å². The van der Waals surface area contributed by atoms with E-state index >= 15 is 0 Å². The standard InChI is InChI=1S/C17H22N2/c1-12-5-8-17(13(2)9-12)15(4)19-11-16-7-6-14(3)18-10-16/h5-10,15,19H,11H2,1-4H3. The van der Waals surface area contributed by atoms with Gasteiger partial charge in [0, 0.05) is 24.5 Å². The van der Waals surface area contributed by atoms with Gasteiger partial charge in [-0.25, -0.2) is 0 Å². The van der Waals surface area contributed by atoms with Crippen LogP contribution in [-0.2, 0) is 6.54 Å². The molecule has 0 saturated heterocycles. The van der Waals surface area contributed by atoms with E-state index in [1.807, 2.05) is 13.1 Å². The van der Waals surface area contributed by atoms with Crippen molar-refractivity contribution < 1.29 is 0 Å². The van der Waals surface area contributed by atoms with Crippen LogP contribution in [0.3, 0.4) is 0 Å². The van der Waals surface area contributed by atoms with Gasteiger partial charge in [-0.3, -0.25) is 4.98 Å². The molecule has 1 N–H and O–H groups in total. The number of nitrogens with one attached hydrogen (secondary N) is 1. The number of aryl methyl sites for hydroxylation is 3. The van der Waals surface area contributed by atoms with E-state index in [0.717, 1.165) is 12.2 Å². The molecule has 1 aromatic carbocycles. The highest BCUT2D eigenvalue weighted by atomic mass is 14.9. The molecular formula is C17H22N2. The van der Waals surface area contributed by atoms with Gasteiger partial charge in [-0.1, -0.05) is 29.8 Å². The second kappa shape index (κ2) is 5.98. The third kappa shape index (κ3) is 3.65. The number of hydrogen-bond acceptors (Lipinski definition) is 2. The maximum Gasteiger partial charge on any atom is 0.0372 e. The van der Waals surface area contributed by atoms with Crippen LogP contribution in [0, 0.1) is 20.8 Å². The minimum atomic E-state index is 0.349. The van der Waals surface area contributed by atoms with Crippen LogP contribution < -0.4 is 5.32 Å². The van der Waals surface area contributed by atoms with Crippen LogP contribution in [0.1, 0.15) is 40.9 Å². The van der Waals surface area contributed by atoms with E-state index in [4.69, 9.17) is 0 Å². The molecule has 0 saturated carbocycles. The highest BCUT2D eigenvalue weighted by molar-refractivity contribution is 5.32. The summed E-state index contributed by atoms with van der Waals surface area (Å²) in [5.74, 6) is 0. The Balaban J connectivity index is 2.01. The summed E-state index contributed by atoms with van der Waals surface area (Å²) in [4.78, 5) is 4.32. The van der Waals surface area contributed by atoms with Crippen LogP contribution in [0.4, 0.5) is 0 Å². The fraction of sp³-hybridized carbons (Fsp3) is 0.353.